The van der Waals surface area contributed by atoms with E-state index in [4.69, 9.17) is 4.42 Å². The monoisotopic (exact) mass is 192 g/mol. The smallest absolute Gasteiger partial charge is 0.247 e. The zero-order chi connectivity index (χ0) is 10.3. The number of rotatable bonds is 1. The minimum Gasteiger partial charge on any atom is -0.506 e. The summed E-state index contributed by atoms with van der Waals surface area (Å²) in [4.78, 5) is 8.30. The largest absolute Gasteiger partial charge is 0.506 e. The van der Waals surface area contributed by atoms with Gasteiger partial charge >= 0.3 is 0 Å². The lowest BCUT2D eigenvalue weighted by molar-refractivity contribution is 0.459. The molecule has 0 aromatic carbocycles. The second-order valence-corrected chi connectivity index (χ2v) is 3.60. The van der Waals surface area contributed by atoms with Crippen LogP contribution in [0, 0.1) is 6.92 Å². The van der Waals surface area contributed by atoms with Gasteiger partial charge in [-0.2, -0.15) is 0 Å². The molecule has 4 heteroatoms. The predicted octanol–water partition coefficient (Wildman–Crippen LogP) is 2.36. The number of aromatic hydroxyl groups is 1. The number of pyridine rings is 1. The van der Waals surface area contributed by atoms with Crippen molar-refractivity contribution in [3.63, 3.8) is 0 Å². The molecule has 74 valence electrons. The van der Waals surface area contributed by atoms with Crippen LogP contribution >= 0.6 is 0 Å². The van der Waals surface area contributed by atoms with E-state index in [0.29, 0.717) is 22.8 Å². The molecule has 14 heavy (non-hydrogen) atoms. The van der Waals surface area contributed by atoms with Crippen molar-refractivity contribution in [2.75, 3.05) is 0 Å². The highest BCUT2D eigenvalue weighted by atomic mass is 16.4. The second-order valence-electron chi connectivity index (χ2n) is 3.60. The Hall–Kier alpha value is -1.58. The van der Waals surface area contributed by atoms with Crippen LogP contribution in [0.4, 0.5) is 0 Å². The van der Waals surface area contributed by atoms with Gasteiger partial charge in [0.1, 0.15) is 11.3 Å². The zero-order valence-corrected chi connectivity index (χ0v) is 8.40. The van der Waals surface area contributed by atoms with Crippen molar-refractivity contribution in [2.24, 2.45) is 0 Å². The lowest BCUT2D eigenvalue weighted by Gasteiger charge is -2.05. The molecule has 2 aromatic rings. The van der Waals surface area contributed by atoms with E-state index in [1.54, 1.807) is 13.0 Å². The van der Waals surface area contributed by atoms with Gasteiger partial charge in [-0.3, -0.25) is 0 Å². The van der Waals surface area contributed by atoms with E-state index in [-0.39, 0.29) is 11.7 Å². The van der Waals surface area contributed by atoms with Gasteiger partial charge in [-0.25, -0.2) is 9.97 Å². The van der Waals surface area contributed by atoms with Crippen LogP contribution in [0.1, 0.15) is 31.4 Å². The maximum absolute atomic E-state index is 9.64. The highest BCUT2D eigenvalue weighted by molar-refractivity contribution is 5.70. The number of hydrogen-bond acceptors (Lipinski definition) is 4. The Kier molecular flexibility index (Phi) is 1.91. The molecule has 2 heterocycles. The predicted molar refractivity (Wildman–Crippen MR) is 52.3 cm³/mol. The molecule has 1 N–H and O–H groups in total. The Morgan fingerprint density at radius 3 is 2.71 bits per heavy atom. The molecule has 0 bridgehead atoms. The molecule has 2 rings (SSSR count). The Balaban J connectivity index is 2.70. The number of aryl methyl sites for hydroxylation is 1. The molecule has 0 fully saturated rings. The number of oxazole rings is 1. The SMILES string of the molecule is Cc1nc2cc(O)c(C(C)C)nc2o1. The summed E-state index contributed by atoms with van der Waals surface area (Å²) in [6.07, 6.45) is 0. The molecular formula is C10H12N2O2. The number of nitrogens with zero attached hydrogens (tertiary/aromatic N) is 2. The average molecular weight is 192 g/mol. The quantitative estimate of drug-likeness (QED) is 0.753. The summed E-state index contributed by atoms with van der Waals surface area (Å²) in [6.45, 7) is 5.70. The van der Waals surface area contributed by atoms with Crippen LogP contribution in [0.2, 0.25) is 0 Å². The van der Waals surface area contributed by atoms with E-state index in [9.17, 15) is 5.11 Å². The standard InChI is InChI=1S/C10H12N2O2/c1-5(2)9-8(13)4-7-10(12-9)14-6(3)11-7/h4-5,13H,1-3H3. The van der Waals surface area contributed by atoms with Gasteiger partial charge in [-0.1, -0.05) is 13.8 Å². The lowest BCUT2D eigenvalue weighted by Crippen LogP contribution is -1.92. The van der Waals surface area contributed by atoms with Crippen LogP contribution in [-0.4, -0.2) is 15.1 Å². The molecule has 0 unspecified atom stereocenters. The van der Waals surface area contributed by atoms with Crippen LogP contribution in [0.3, 0.4) is 0 Å². The molecule has 0 aliphatic heterocycles. The van der Waals surface area contributed by atoms with Gasteiger partial charge in [0.05, 0.1) is 5.69 Å². The lowest BCUT2D eigenvalue weighted by atomic mass is 10.1. The fourth-order valence-corrected chi connectivity index (χ4v) is 1.40. The maximum atomic E-state index is 9.64. The van der Waals surface area contributed by atoms with Gasteiger partial charge in [-0.15, -0.1) is 0 Å². The van der Waals surface area contributed by atoms with Gasteiger partial charge in [0.2, 0.25) is 5.71 Å². The van der Waals surface area contributed by atoms with E-state index in [2.05, 4.69) is 9.97 Å². The molecular weight excluding hydrogens is 180 g/mol. The fraction of sp³-hybridized carbons (Fsp3) is 0.400. The van der Waals surface area contributed by atoms with E-state index in [0.717, 1.165) is 0 Å². The summed E-state index contributed by atoms with van der Waals surface area (Å²) in [5, 5.41) is 9.64. The molecule has 0 saturated carbocycles. The molecule has 0 aliphatic rings. The van der Waals surface area contributed by atoms with Crippen molar-refractivity contribution in [2.45, 2.75) is 26.7 Å². The van der Waals surface area contributed by atoms with Gasteiger partial charge < -0.3 is 9.52 Å². The normalized spacial score (nSPS) is 11.4. The van der Waals surface area contributed by atoms with Crippen molar-refractivity contribution < 1.29 is 9.52 Å². The highest BCUT2D eigenvalue weighted by Crippen LogP contribution is 2.27. The van der Waals surface area contributed by atoms with Gasteiger partial charge in [0.15, 0.2) is 5.89 Å². The molecule has 0 atom stereocenters. The Morgan fingerprint density at radius 2 is 2.07 bits per heavy atom. The number of fused-ring (bicyclic) bond motifs is 1. The first-order valence-corrected chi connectivity index (χ1v) is 4.55. The first-order chi connectivity index (χ1) is 6.58. The molecule has 2 aromatic heterocycles. The topological polar surface area (TPSA) is 59.2 Å². The van der Waals surface area contributed by atoms with E-state index in [1.165, 1.54) is 0 Å². The summed E-state index contributed by atoms with van der Waals surface area (Å²) in [7, 11) is 0. The van der Waals surface area contributed by atoms with E-state index >= 15 is 0 Å². The minimum absolute atomic E-state index is 0.171. The second kappa shape index (κ2) is 2.97. The summed E-state index contributed by atoms with van der Waals surface area (Å²) < 4.78 is 5.28. The summed E-state index contributed by atoms with van der Waals surface area (Å²) in [5.74, 6) is 0.915. The van der Waals surface area contributed by atoms with Crippen LogP contribution in [0.25, 0.3) is 11.2 Å². The van der Waals surface area contributed by atoms with Crippen LogP contribution in [-0.2, 0) is 0 Å². The number of aromatic nitrogens is 2. The van der Waals surface area contributed by atoms with Crippen LogP contribution < -0.4 is 0 Å². The third kappa shape index (κ3) is 1.32. The van der Waals surface area contributed by atoms with Crippen LogP contribution in [0.5, 0.6) is 5.75 Å². The van der Waals surface area contributed by atoms with E-state index in [1.807, 2.05) is 13.8 Å². The molecule has 0 saturated heterocycles. The fourth-order valence-electron chi connectivity index (χ4n) is 1.40. The van der Waals surface area contributed by atoms with Gasteiger partial charge in [0.25, 0.3) is 0 Å². The first kappa shape index (κ1) is 8.99. The molecule has 0 spiro atoms. The highest BCUT2D eigenvalue weighted by Gasteiger charge is 2.12. The third-order valence-electron chi connectivity index (χ3n) is 2.05. The van der Waals surface area contributed by atoms with Crippen molar-refractivity contribution in [3.05, 3.63) is 17.7 Å². The van der Waals surface area contributed by atoms with Crippen LogP contribution in [0.15, 0.2) is 10.5 Å². The van der Waals surface area contributed by atoms with Crippen molar-refractivity contribution >= 4 is 11.2 Å². The summed E-state index contributed by atoms with van der Waals surface area (Å²) in [5.41, 5.74) is 1.74. The molecule has 0 amide bonds. The van der Waals surface area contributed by atoms with Gasteiger partial charge in [0, 0.05) is 13.0 Å². The van der Waals surface area contributed by atoms with Crippen molar-refractivity contribution in [1.82, 2.24) is 9.97 Å². The van der Waals surface area contributed by atoms with Crippen molar-refractivity contribution in [1.29, 1.82) is 0 Å². The minimum atomic E-state index is 0.171. The van der Waals surface area contributed by atoms with E-state index < -0.39 is 0 Å². The summed E-state index contributed by atoms with van der Waals surface area (Å²) in [6, 6.07) is 1.59. The maximum Gasteiger partial charge on any atom is 0.247 e. The Labute approximate surface area is 81.6 Å². The van der Waals surface area contributed by atoms with Crippen molar-refractivity contribution in [3.8, 4) is 5.75 Å². The average Bonchev–Trinajstić information content (AvgIpc) is 2.42. The molecule has 4 nitrogen and oxygen atoms in total. The first-order valence-electron chi connectivity index (χ1n) is 4.55. The third-order valence-corrected chi connectivity index (χ3v) is 2.05. The number of hydrogen-bond donors (Lipinski definition) is 1. The molecule has 0 radical (unpaired) electrons. The van der Waals surface area contributed by atoms with Gasteiger partial charge in [-0.05, 0) is 5.92 Å². The zero-order valence-electron chi connectivity index (χ0n) is 8.40. The molecule has 0 aliphatic carbocycles. The Morgan fingerprint density at radius 1 is 1.36 bits per heavy atom. The summed E-state index contributed by atoms with van der Waals surface area (Å²) >= 11 is 0. The Bertz CT molecular complexity index is 474.